The molecular weight excluding hydrogens is 217 g/mol. The summed E-state index contributed by atoms with van der Waals surface area (Å²) in [6.45, 7) is 0. The Morgan fingerprint density at radius 1 is 1.67 bits per heavy atom. The Kier molecular flexibility index (Phi) is 3.38. The van der Waals surface area contributed by atoms with Gasteiger partial charge in [-0.1, -0.05) is 11.6 Å². The van der Waals surface area contributed by atoms with Gasteiger partial charge in [-0.15, -0.1) is 11.8 Å². The van der Waals surface area contributed by atoms with E-state index in [1.165, 1.54) is 11.8 Å². The SMILES string of the molecule is CSc1cnc(C(=O)Cl)c(Cl)c1. The summed E-state index contributed by atoms with van der Waals surface area (Å²) >= 11 is 12.4. The first-order valence-corrected chi connectivity index (χ1v) is 5.02. The molecule has 0 aromatic carbocycles. The van der Waals surface area contributed by atoms with Gasteiger partial charge in [-0.2, -0.15) is 0 Å². The Balaban J connectivity index is 3.12. The normalized spacial score (nSPS) is 9.92. The van der Waals surface area contributed by atoms with Crippen molar-refractivity contribution in [2.75, 3.05) is 6.26 Å². The molecule has 1 heterocycles. The minimum Gasteiger partial charge on any atom is -0.274 e. The molecule has 64 valence electrons. The summed E-state index contributed by atoms with van der Waals surface area (Å²) in [5.41, 5.74) is 0.108. The fraction of sp³-hybridized carbons (Fsp3) is 0.143. The zero-order chi connectivity index (χ0) is 9.14. The number of hydrogen-bond donors (Lipinski definition) is 0. The van der Waals surface area contributed by atoms with E-state index in [4.69, 9.17) is 23.2 Å². The molecule has 0 aliphatic heterocycles. The number of thioether (sulfide) groups is 1. The van der Waals surface area contributed by atoms with E-state index >= 15 is 0 Å². The van der Waals surface area contributed by atoms with Crippen LogP contribution in [0.2, 0.25) is 5.02 Å². The number of halogens is 2. The van der Waals surface area contributed by atoms with Gasteiger partial charge in [0.15, 0.2) is 0 Å². The predicted molar refractivity (Wildman–Crippen MR) is 51.2 cm³/mol. The van der Waals surface area contributed by atoms with Crippen LogP contribution in [0.5, 0.6) is 0 Å². The number of aromatic nitrogens is 1. The smallest absolute Gasteiger partial charge is 0.272 e. The molecule has 0 spiro atoms. The van der Waals surface area contributed by atoms with Gasteiger partial charge in [-0.3, -0.25) is 4.79 Å². The summed E-state index contributed by atoms with van der Waals surface area (Å²) in [5, 5.41) is -0.338. The number of carbonyl (C=O) groups is 1. The molecule has 0 N–H and O–H groups in total. The molecule has 2 nitrogen and oxygen atoms in total. The van der Waals surface area contributed by atoms with Gasteiger partial charge >= 0.3 is 0 Å². The highest BCUT2D eigenvalue weighted by Gasteiger charge is 2.09. The summed E-state index contributed by atoms with van der Waals surface area (Å²) in [6.07, 6.45) is 3.46. The van der Waals surface area contributed by atoms with Crippen molar-refractivity contribution in [1.82, 2.24) is 4.98 Å². The van der Waals surface area contributed by atoms with Gasteiger partial charge in [0.2, 0.25) is 0 Å². The molecule has 12 heavy (non-hydrogen) atoms. The number of carbonyl (C=O) groups excluding carboxylic acids is 1. The Morgan fingerprint density at radius 3 is 2.75 bits per heavy atom. The lowest BCUT2D eigenvalue weighted by atomic mass is 10.4. The lowest BCUT2D eigenvalue weighted by Crippen LogP contribution is -1.94. The lowest BCUT2D eigenvalue weighted by Gasteiger charge is -1.99. The van der Waals surface area contributed by atoms with E-state index in [2.05, 4.69) is 4.98 Å². The van der Waals surface area contributed by atoms with E-state index in [0.29, 0.717) is 5.02 Å². The molecule has 1 rings (SSSR count). The second kappa shape index (κ2) is 4.12. The van der Waals surface area contributed by atoms with Gasteiger partial charge in [-0.25, -0.2) is 4.98 Å². The highest BCUT2D eigenvalue weighted by molar-refractivity contribution is 7.98. The van der Waals surface area contributed by atoms with Crippen LogP contribution in [0.25, 0.3) is 0 Å². The molecule has 0 atom stereocenters. The average molecular weight is 222 g/mol. The van der Waals surface area contributed by atoms with Crippen LogP contribution in [-0.4, -0.2) is 16.5 Å². The van der Waals surface area contributed by atoms with Crippen molar-refractivity contribution in [3.63, 3.8) is 0 Å². The fourth-order valence-electron chi connectivity index (χ4n) is 0.677. The van der Waals surface area contributed by atoms with Gasteiger partial charge in [-0.05, 0) is 23.9 Å². The first-order valence-electron chi connectivity index (χ1n) is 3.04. The number of nitrogens with zero attached hydrogens (tertiary/aromatic N) is 1. The monoisotopic (exact) mass is 221 g/mol. The maximum Gasteiger partial charge on any atom is 0.272 e. The van der Waals surface area contributed by atoms with E-state index in [1.807, 2.05) is 6.26 Å². The summed E-state index contributed by atoms with van der Waals surface area (Å²) in [4.78, 5) is 15.4. The molecule has 0 aliphatic carbocycles. The molecule has 0 saturated carbocycles. The zero-order valence-corrected chi connectivity index (χ0v) is 8.50. The predicted octanol–water partition coefficient (Wildman–Crippen LogP) is 2.84. The Morgan fingerprint density at radius 2 is 2.33 bits per heavy atom. The van der Waals surface area contributed by atoms with Crippen LogP contribution in [0.4, 0.5) is 0 Å². The van der Waals surface area contributed by atoms with E-state index in [0.717, 1.165) is 4.90 Å². The minimum atomic E-state index is -0.632. The van der Waals surface area contributed by atoms with Gasteiger partial charge in [0.1, 0.15) is 5.69 Å². The minimum absolute atomic E-state index is 0.108. The molecule has 1 aromatic heterocycles. The molecule has 1 aromatic rings. The van der Waals surface area contributed by atoms with Crippen LogP contribution in [0, 0.1) is 0 Å². The summed E-state index contributed by atoms with van der Waals surface area (Å²) < 4.78 is 0. The van der Waals surface area contributed by atoms with Crippen LogP contribution in [0.1, 0.15) is 10.5 Å². The maximum absolute atomic E-state index is 10.7. The maximum atomic E-state index is 10.7. The molecule has 0 fully saturated rings. The first kappa shape index (κ1) is 9.84. The Bertz CT molecular complexity index is 316. The summed E-state index contributed by atoms with van der Waals surface area (Å²) in [7, 11) is 0. The van der Waals surface area contributed by atoms with E-state index in [1.54, 1.807) is 12.3 Å². The van der Waals surface area contributed by atoms with E-state index in [9.17, 15) is 4.79 Å². The Labute approximate surface area is 84.3 Å². The average Bonchev–Trinajstić information content (AvgIpc) is 2.03. The van der Waals surface area contributed by atoms with Crippen LogP contribution in [-0.2, 0) is 0 Å². The zero-order valence-electron chi connectivity index (χ0n) is 6.17. The number of rotatable bonds is 2. The molecular formula is C7H5Cl2NOS. The van der Waals surface area contributed by atoms with Crippen molar-refractivity contribution in [3.8, 4) is 0 Å². The second-order valence-electron chi connectivity index (χ2n) is 1.98. The van der Waals surface area contributed by atoms with Crippen molar-refractivity contribution < 1.29 is 4.79 Å². The standard InChI is InChI=1S/C7H5Cl2NOS/c1-12-4-2-5(8)6(7(9)11)10-3-4/h2-3H,1H3. The third kappa shape index (κ3) is 2.12. The largest absolute Gasteiger partial charge is 0.274 e. The van der Waals surface area contributed by atoms with Crippen molar-refractivity contribution in [2.45, 2.75) is 4.90 Å². The van der Waals surface area contributed by atoms with E-state index in [-0.39, 0.29) is 5.69 Å². The van der Waals surface area contributed by atoms with Crippen LogP contribution >= 0.6 is 35.0 Å². The second-order valence-corrected chi connectivity index (χ2v) is 3.61. The molecule has 0 amide bonds. The topological polar surface area (TPSA) is 30.0 Å². The third-order valence-electron chi connectivity index (χ3n) is 1.24. The van der Waals surface area contributed by atoms with Gasteiger partial charge in [0.05, 0.1) is 5.02 Å². The van der Waals surface area contributed by atoms with Gasteiger partial charge < -0.3 is 0 Å². The van der Waals surface area contributed by atoms with Crippen LogP contribution < -0.4 is 0 Å². The third-order valence-corrected chi connectivity index (χ3v) is 2.40. The molecule has 0 aliphatic rings. The van der Waals surface area contributed by atoms with Crippen molar-refractivity contribution >= 4 is 40.2 Å². The molecule has 0 radical (unpaired) electrons. The van der Waals surface area contributed by atoms with Crippen molar-refractivity contribution in [2.24, 2.45) is 0 Å². The number of hydrogen-bond acceptors (Lipinski definition) is 3. The van der Waals surface area contributed by atoms with Crippen LogP contribution in [0.3, 0.4) is 0 Å². The number of pyridine rings is 1. The fourth-order valence-corrected chi connectivity index (χ4v) is 1.59. The molecule has 0 unspecified atom stereocenters. The van der Waals surface area contributed by atoms with Crippen molar-refractivity contribution in [1.29, 1.82) is 0 Å². The van der Waals surface area contributed by atoms with Crippen LogP contribution in [0.15, 0.2) is 17.2 Å². The summed E-state index contributed by atoms with van der Waals surface area (Å²) in [6, 6.07) is 1.66. The van der Waals surface area contributed by atoms with Crippen molar-refractivity contribution in [3.05, 3.63) is 23.0 Å². The summed E-state index contributed by atoms with van der Waals surface area (Å²) in [5.74, 6) is 0. The molecule has 5 heteroatoms. The highest BCUT2D eigenvalue weighted by Crippen LogP contribution is 2.21. The quantitative estimate of drug-likeness (QED) is 0.569. The Hall–Kier alpha value is -0.250. The first-order chi connectivity index (χ1) is 5.65. The highest BCUT2D eigenvalue weighted by atomic mass is 35.5. The van der Waals surface area contributed by atoms with Gasteiger partial charge in [0.25, 0.3) is 5.24 Å². The van der Waals surface area contributed by atoms with Gasteiger partial charge in [0, 0.05) is 11.1 Å². The van der Waals surface area contributed by atoms with E-state index < -0.39 is 5.24 Å². The molecule has 0 saturated heterocycles. The molecule has 0 bridgehead atoms. The lowest BCUT2D eigenvalue weighted by molar-refractivity contribution is 0.107.